The van der Waals surface area contributed by atoms with Gasteiger partial charge in [-0.1, -0.05) is 33.8 Å². The van der Waals surface area contributed by atoms with Crippen molar-refractivity contribution in [2.24, 2.45) is 11.3 Å². The number of hydrogen-bond acceptors (Lipinski definition) is 3. The van der Waals surface area contributed by atoms with Crippen LogP contribution in [0.1, 0.15) is 48.0 Å². The number of hydrogen-bond donors (Lipinski definition) is 3. The quantitative estimate of drug-likeness (QED) is 0.627. The number of aliphatic hydroxyl groups excluding tert-OH is 3. The second kappa shape index (κ2) is 6.53. The van der Waals surface area contributed by atoms with Crippen LogP contribution in [-0.2, 0) is 0 Å². The molecule has 4 atom stereocenters. The van der Waals surface area contributed by atoms with Crippen molar-refractivity contribution in [2.45, 2.75) is 66.3 Å². The fraction of sp³-hybridized carbons (Fsp3) is 0.857. The molecule has 3 N–H and O–H groups in total. The second-order valence-corrected chi connectivity index (χ2v) is 5.64. The van der Waals surface area contributed by atoms with Crippen LogP contribution < -0.4 is 0 Å². The summed E-state index contributed by atoms with van der Waals surface area (Å²) < 4.78 is 0. The summed E-state index contributed by atoms with van der Waals surface area (Å²) in [4.78, 5) is 0. The molecule has 0 unspecified atom stereocenters. The summed E-state index contributed by atoms with van der Waals surface area (Å²) in [7, 11) is 0. The first-order chi connectivity index (χ1) is 7.64. The maximum atomic E-state index is 10.3. The van der Waals surface area contributed by atoms with Gasteiger partial charge >= 0.3 is 0 Å². The molecule has 0 saturated heterocycles. The lowest BCUT2D eigenvalue weighted by molar-refractivity contribution is -0.0638. The van der Waals surface area contributed by atoms with Gasteiger partial charge in [0, 0.05) is 11.3 Å². The van der Waals surface area contributed by atoms with E-state index in [1.54, 1.807) is 6.92 Å². The summed E-state index contributed by atoms with van der Waals surface area (Å²) in [6, 6.07) is 0. The van der Waals surface area contributed by atoms with Crippen LogP contribution in [0, 0.1) is 11.3 Å². The molecule has 0 spiro atoms. The highest BCUT2D eigenvalue weighted by Crippen LogP contribution is 2.32. The molecule has 0 aromatic carbocycles. The number of rotatable bonds is 6. The molecule has 0 aromatic heterocycles. The van der Waals surface area contributed by atoms with E-state index >= 15 is 0 Å². The molecule has 17 heavy (non-hydrogen) atoms. The van der Waals surface area contributed by atoms with Gasteiger partial charge in [0.2, 0.25) is 0 Å². The zero-order chi connectivity index (χ0) is 13.8. The van der Waals surface area contributed by atoms with Crippen molar-refractivity contribution in [1.29, 1.82) is 0 Å². The van der Waals surface area contributed by atoms with Crippen LogP contribution >= 0.6 is 0 Å². The predicted molar refractivity (Wildman–Crippen MR) is 70.7 cm³/mol. The SMILES string of the molecule is CC[C@H](O)C(C)(C)[C@@H](O)[C@@H](C)/C=C(\C)[C@H](C)O. The zero-order valence-electron chi connectivity index (χ0n) is 11.9. The molecule has 0 radical (unpaired) electrons. The van der Waals surface area contributed by atoms with Crippen molar-refractivity contribution in [3.63, 3.8) is 0 Å². The molecule has 0 amide bonds. The van der Waals surface area contributed by atoms with Crippen LogP contribution in [-0.4, -0.2) is 33.6 Å². The molecule has 0 aromatic rings. The summed E-state index contributed by atoms with van der Waals surface area (Å²) >= 11 is 0. The largest absolute Gasteiger partial charge is 0.392 e. The number of aliphatic hydroxyl groups is 3. The Morgan fingerprint density at radius 3 is 2.00 bits per heavy atom. The topological polar surface area (TPSA) is 60.7 Å². The van der Waals surface area contributed by atoms with E-state index in [1.807, 2.05) is 40.7 Å². The molecule has 0 rings (SSSR count). The molecule has 0 bridgehead atoms. The fourth-order valence-corrected chi connectivity index (χ4v) is 2.05. The Bertz CT molecular complexity index is 256. The smallest absolute Gasteiger partial charge is 0.0719 e. The van der Waals surface area contributed by atoms with Crippen LogP contribution in [0.4, 0.5) is 0 Å². The molecule has 0 saturated carbocycles. The van der Waals surface area contributed by atoms with Crippen LogP contribution in [0.25, 0.3) is 0 Å². The highest BCUT2D eigenvalue weighted by molar-refractivity contribution is 5.07. The molecular weight excluding hydrogens is 216 g/mol. The molecule has 3 nitrogen and oxygen atoms in total. The molecule has 0 heterocycles. The van der Waals surface area contributed by atoms with E-state index in [0.29, 0.717) is 6.42 Å². The first kappa shape index (κ1) is 16.6. The van der Waals surface area contributed by atoms with Crippen molar-refractivity contribution >= 4 is 0 Å². The van der Waals surface area contributed by atoms with Gasteiger partial charge in [0.15, 0.2) is 0 Å². The van der Waals surface area contributed by atoms with Crippen molar-refractivity contribution in [2.75, 3.05) is 0 Å². The van der Waals surface area contributed by atoms with Gasteiger partial charge in [-0.2, -0.15) is 0 Å². The lowest BCUT2D eigenvalue weighted by Gasteiger charge is -2.37. The fourth-order valence-electron chi connectivity index (χ4n) is 2.05. The van der Waals surface area contributed by atoms with Gasteiger partial charge in [-0.05, 0) is 25.8 Å². The lowest BCUT2D eigenvalue weighted by atomic mass is 9.74. The van der Waals surface area contributed by atoms with E-state index < -0.39 is 23.7 Å². The third kappa shape index (κ3) is 4.41. The average molecular weight is 244 g/mol. The van der Waals surface area contributed by atoms with Gasteiger partial charge in [0.1, 0.15) is 0 Å². The van der Waals surface area contributed by atoms with E-state index in [-0.39, 0.29) is 5.92 Å². The van der Waals surface area contributed by atoms with Crippen molar-refractivity contribution < 1.29 is 15.3 Å². The van der Waals surface area contributed by atoms with Gasteiger partial charge in [-0.3, -0.25) is 0 Å². The highest BCUT2D eigenvalue weighted by Gasteiger charge is 2.36. The molecule has 0 aliphatic carbocycles. The van der Waals surface area contributed by atoms with Crippen molar-refractivity contribution in [1.82, 2.24) is 0 Å². The lowest BCUT2D eigenvalue weighted by Crippen LogP contribution is -2.43. The molecular formula is C14H28O3. The Morgan fingerprint density at radius 2 is 1.65 bits per heavy atom. The maximum Gasteiger partial charge on any atom is 0.0719 e. The summed E-state index contributed by atoms with van der Waals surface area (Å²) in [5.41, 5.74) is 0.294. The van der Waals surface area contributed by atoms with Crippen molar-refractivity contribution in [3.05, 3.63) is 11.6 Å². The Balaban J connectivity index is 4.81. The predicted octanol–water partition coefficient (Wildman–Crippen LogP) is 2.11. The molecule has 3 heteroatoms. The first-order valence-corrected chi connectivity index (χ1v) is 6.37. The minimum Gasteiger partial charge on any atom is -0.392 e. The van der Waals surface area contributed by atoms with Crippen LogP contribution in [0.5, 0.6) is 0 Å². The molecule has 0 fully saturated rings. The minimum absolute atomic E-state index is 0.0965. The molecule has 0 aliphatic rings. The van der Waals surface area contributed by atoms with E-state index in [1.165, 1.54) is 0 Å². The Hall–Kier alpha value is -0.380. The summed E-state index contributed by atoms with van der Waals surface area (Å²) in [6.07, 6.45) is 0.838. The monoisotopic (exact) mass is 244 g/mol. The van der Waals surface area contributed by atoms with Gasteiger partial charge in [0.25, 0.3) is 0 Å². The van der Waals surface area contributed by atoms with Gasteiger partial charge < -0.3 is 15.3 Å². The summed E-state index contributed by atoms with van der Waals surface area (Å²) in [5.74, 6) is -0.0965. The third-order valence-electron chi connectivity index (χ3n) is 3.69. The molecule has 102 valence electrons. The van der Waals surface area contributed by atoms with E-state index in [9.17, 15) is 15.3 Å². The van der Waals surface area contributed by atoms with E-state index in [4.69, 9.17) is 0 Å². The summed E-state index contributed by atoms with van der Waals surface area (Å²) in [5, 5.41) is 29.6. The Kier molecular flexibility index (Phi) is 6.38. The summed E-state index contributed by atoms with van der Waals surface area (Å²) in [6.45, 7) is 11.1. The normalized spacial score (nSPS) is 20.9. The van der Waals surface area contributed by atoms with Crippen LogP contribution in [0.15, 0.2) is 11.6 Å². The van der Waals surface area contributed by atoms with E-state index in [0.717, 1.165) is 5.57 Å². The Morgan fingerprint density at radius 1 is 1.18 bits per heavy atom. The zero-order valence-corrected chi connectivity index (χ0v) is 11.9. The van der Waals surface area contributed by atoms with Crippen molar-refractivity contribution in [3.8, 4) is 0 Å². The van der Waals surface area contributed by atoms with Crippen LogP contribution in [0.3, 0.4) is 0 Å². The molecule has 0 aliphatic heterocycles. The standard InChI is InChI=1S/C14H28O3/c1-7-12(16)14(5,6)13(17)10(3)8-9(2)11(4)15/h8,10-13,15-17H,7H2,1-6H3/b9-8+/t10-,11-,12-,13-/m0/s1. The van der Waals surface area contributed by atoms with Gasteiger partial charge in [-0.25, -0.2) is 0 Å². The van der Waals surface area contributed by atoms with Gasteiger partial charge in [0.05, 0.1) is 18.3 Å². The average Bonchev–Trinajstić information content (AvgIpc) is 2.26. The van der Waals surface area contributed by atoms with E-state index in [2.05, 4.69) is 0 Å². The van der Waals surface area contributed by atoms with Crippen LogP contribution in [0.2, 0.25) is 0 Å². The second-order valence-electron chi connectivity index (χ2n) is 5.64. The highest BCUT2D eigenvalue weighted by atomic mass is 16.3. The minimum atomic E-state index is -0.633. The van der Waals surface area contributed by atoms with Gasteiger partial charge in [-0.15, -0.1) is 0 Å². The Labute approximate surface area is 105 Å². The maximum absolute atomic E-state index is 10.3. The first-order valence-electron chi connectivity index (χ1n) is 6.37. The third-order valence-corrected chi connectivity index (χ3v) is 3.69.